The molecule has 1 aliphatic rings. The molecule has 4 aromatic heterocycles. The van der Waals surface area contributed by atoms with Gasteiger partial charge < -0.3 is 10.6 Å². The van der Waals surface area contributed by atoms with Crippen LogP contribution >= 0.6 is 11.8 Å². The lowest BCUT2D eigenvalue weighted by molar-refractivity contribution is -0.117. The molecule has 0 atom stereocenters. The first-order chi connectivity index (χ1) is 14.2. The van der Waals surface area contributed by atoms with Gasteiger partial charge in [-0.1, -0.05) is 13.0 Å². The van der Waals surface area contributed by atoms with Gasteiger partial charge in [0.2, 0.25) is 11.1 Å². The lowest BCUT2D eigenvalue weighted by atomic mass is 10.3. The number of carbonyl (C=O) groups is 1. The van der Waals surface area contributed by atoms with E-state index >= 15 is 0 Å². The highest BCUT2D eigenvalue weighted by Crippen LogP contribution is 2.30. The number of fused-ring (bicyclic) bond motifs is 2. The normalized spacial score (nSPS) is 14.0. The minimum absolute atomic E-state index is 0.0336. The van der Waals surface area contributed by atoms with Crippen molar-refractivity contribution in [3.63, 3.8) is 0 Å². The van der Waals surface area contributed by atoms with Gasteiger partial charge in [-0.3, -0.25) is 9.20 Å². The number of carbonyl (C=O) groups excluding carboxylic acids is 1. The van der Waals surface area contributed by atoms with Gasteiger partial charge in [-0.05, 0) is 54.9 Å². The zero-order valence-electron chi connectivity index (χ0n) is 15.9. The van der Waals surface area contributed by atoms with Crippen molar-refractivity contribution in [3.8, 4) is 0 Å². The number of anilines is 1. The summed E-state index contributed by atoms with van der Waals surface area (Å²) >= 11 is 1.43. The van der Waals surface area contributed by atoms with Crippen LogP contribution < -0.4 is 10.6 Å². The highest BCUT2D eigenvalue weighted by atomic mass is 32.2. The van der Waals surface area contributed by atoms with E-state index in [-0.39, 0.29) is 11.8 Å². The number of hydrogen-bond acceptors (Lipinski definition) is 7. The molecule has 0 saturated heterocycles. The van der Waals surface area contributed by atoms with E-state index in [4.69, 9.17) is 0 Å². The van der Waals surface area contributed by atoms with E-state index in [1.165, 1.54) is 11.8 Å². The Morgan fingerprint density at radius 3 is 2.86 bits per heavy atom. The number of pyridine rings is 1. The number of aromatic nitrogens is 6. The number of nitrogens with one attached hydrogen (secondary N) is 2. The van der Waals surface area contributed by atoms with Gasteiger partial charge in [-0.2, -0.15) is 5.10 Å². The average molecular weight is 408 g/mol. The molecule has 1 aliphatic carbocycles. The Balaban J connectivity index is 1.38. The molecular weight excluding hydrogens is 388 g/mol. The maximum atomic E-state index is 11.9. The van der Waals surface area contributed by atoms with Gasteiger partial charge in [0.25, 0.3) is 0 Å². The van der Waals surface area contributed by atoms with E-state index in [1.807, 2.05) is 34.9 Å². The van der Waals surface area contributed by atoms with Crippen LogP contribution in [-0.2, 0) is 11.3 Å². The van der Waals surface area contributed by atoms with E-state index in [1.54, 1.807) is 10.7 Å². The van der Waals surface area contributed by atoms with Crippen molar-refractivity contribution in [1.29, 1.82) is 0 Å². The van der Waals surface area contributed by atoms with Crippen molar-refractivity contribution >= 4 is 34.8 Å². The number of amides is 1. The maximum absolute atomic E-state index is 11.9. The summed E-state index contributed by atoms with van der Waals surface area (Å²) in [5.41, 5.74) is 2.64. The topological polar surface area (TPSA) is 102 Å². The molecule has 1 fully saturated rings. The molecule has 0 radical (unpaired) electrons. The van der Waals surface area contributed by atoms with Gasteiger partial charge in [0.05, 0.1) is 6.20 Å². The van der Waals surface area contributed by atoms with Crippen LogP contribution in [0.3, 0.4) is 0 Å². The summed E-state index contributed by atoms with van der Waals surface area (Å²) in [6.07, 6.45) is 5.69. The minimum atomic E-state index is 0.0336. The molecule has 0 aromatic carbocycles. The molecule has 0 unspecified atom stereocenters. The number of rotatable bonds is 7. The van der Waals surface area contributed by atoms with Crippen molar-refractivity contribution < 1.29 is 4.79 Å². The SMILES string of the molecule is CCNCc1ccc2nnc(Sc3ccc4nc(NC(=O)C5CC5)cn4n3)n2c1. The second-order valence-corrected chi connectivity index (χ2v) is 7.98. The third-order valence-electron chi connectivity index (χ3n) is 4.70. The van der Waals surface area contributed by atoms with Crippen LogP contribution in [0, 0.1) is 5.92 Å². The largest absolute Gasteiger partial charge is 0.313 e. The molecule has 2 N–H and O–H groups in total. The summed E-state index contributed by atoms with van der Waals surface area (Å²) in [6.45, 7) is 3.79. The Labute approximate surface area is 170 Å². The summed E-state index contributed by atoms with van der Waals surface area (Å²) in [5, 5.41) is 20.8. The van der Waals surface area contributed by atoms with Gasteiger partial charge in [0, 0.05) is 18.7 Å². The van der Waals surface area contributed by atoms with Crippen LogP contribution in [-0.4, -0.2) is 41.6 Å². The molecule has 0 bridgehead atoms. The predicted octanol–water partition coefficient (Wildman–Crippen LogP) is 2.38. The summed E-state index contributed by atoms with van der Waals surface area (Å²) in [5.74, 6) is 0.696. The molecule has 29 heavy (non-hydrogen) atoms. The molecule has 1 saturated carbocycles. The van der Waals surface area contributed by atoms with Gasteiger partial charge in [0.1, 0.15) is 5.03 Å². The van der Waals surface area contributed by atoms with E-state index in [9.17, 15) is 4.79 Å². The van der Waals surface area contributed by atoms with Crippen LogP contribution in [0.5, 0.6) is 0 Å². The Kier molecular flexibility index (Phi) is 4.64. The lowest BCUT2D eigenvalue weighted by Crippen LogP contribution is -2.13. The van der Waals surface area contributed by atoms with Crippen molar-refractivity contribution in [1.82, 2.24) is 34.5 Å². The molecule has 4 aromatic rings. The molecule has 10 heteroatoms. The monoisotopic (exact) mass is 408 g/mol. The highest BCUT2D eigenvalue weighted by Gasteiger charge is 2.30. The Morgan fingerprint density at radius 2 is 2.03 bits per heavy atom. The third-order valence-corrected chi connectivity index (χ3v) is 5.59. The molecular formula is C19H20N8OS. The molecule has 4 heterocycles. The summed E-state index contributed by atoms with van der Waals surface area (Å²) in [4.78, 5) is 16.4. The first-order valence-corrected chi connectivity index (χ1v) is 10.4. The third kappa shape index (κ3) is 3.81. The van der Waals surface area contributed by atoms with Crippen LogP contribution in [0.25, 0.3) is 11.3 Å². The van der Waals surface area contributed by atoms with E-state index in [0.29, 0.717) is 11.5 Å². The number of imidazole rings is 1. The fourth-order valence-electron chi connectivity index (χ4n) is 3.00. The van der Waals surface area contributed by atoms with Crippen molar-refractivity contribution in [2.24, 2.45) is 5.92 Å². The quantitative estimate of drug-likeness (QED) is 0.484. The second kappa shape index (κ2) is 7.45. The fraction of sp³-hybridized carbons (Fsp3) is 0.316. The fourth-order valence-corrected chi connectivity index (χ4v) is 3.78. The lowest BCUT2D eigenvalue weighted by Gasteiger charge is -2.04. The van der Waals surface area contributed by atoms with Crippen molar-refractivity contribution in [2.45, 2.75) is 36.5 Å². The van der Waals surface area contributed by atoms with Crippen LogP contribution in [0.2, 0.25) is 0 Å². The molecule has 5 rings (SSSR count). The van der Waals surface area contributed by atoms with Crippen molar-refractivity contribution in [2.75, 3.05) is 11.9 Å². The first kappa shape index (κ1) is 18.1. The van der Waals surface area contributed by atoms with Crippen LogP contribution in [0.1, 0.15) is 25.3 Å². The van der Waals surface area contributed by atoms with Gasteiger partial charge in [-0.15, -0.1) is 10.2 Å². The number of nitrogens with zero attached hydrogens (tertiary/aromatic N) is 6. The zero-order valence-corrected chi connectivity index (χ0v) is 16.7. The summed E-state index contributed by atoms with van der Waals surface area (Å²) < 4.78 is 3.64. The molecule has 9 nitrogen and oxygen atoms in total. The summed E-state index contributed by atoms with van der Waals surface area (Å²) in [6, 6.07) is 7.78. The minimum Gasteiger partial charge on any atom is -0.313 e. The predicted molar refractivity (Wildman–Crippen MR) is 109 cm³/mol. The van der Waals surface area contributed by atoms with Crippen LogP contribution in [0.15, 0.2) is 46.8 Å². The van der Waals surface area contributed by atoms with Crippen molar-refractivity contribution in [3.05, 3.63) is 42.2 Å². The van der Waals surface area contributed by atoms with Gasteiger partial charge in [-0.25, -0.2) is 9.50 Å². The van der Waals surface area contributed by atoms with Gasteiger partial charge >= 0.3 is 0 Å². The van der Waals surface area contributed by atoms with E-state index in [2.05, 4.69) is 37.8 Å². The van der Waals surface area contributed by atoms with E-state index in [0.717, 1.165) is 47.3 Å². The molecule has 0 spiro atoms. The second-order valence-electron chi connectivity index (χ2n) is 6.99. The maximum Gasteiger partial charge on any atom is 0.228 e. The van der Waals surface area contributed by atoms with E-state index < -0.39 is 0 Å². The highest BCUT2D eigenvalue weighted by molar-refractivity contribution is 7.99. The molecule has 1 amide bonds. The Hall–Kier alpha value is -2.98. The Bertz CT molecular complexity index is 1200. The zero-order chi connectivity index (χ0) is 19.8. The smallest absolute Gasteiger partial charge is 0.228 e. The summed E-state index contributed by atoms with van der Waals surface area (Å²) in [7, 11) is 0. The first-order valence-electron chi connectivity index (χ1n) is 9.59. The molecule has 148 valence electrons. The average Bonchev–Trinajstić information content (AvgIpc) is 3.40. The van der Waals surface area contributed by atoms with Gasteiger partial charge in [0.15, 0.2) is 17.1 Å². The molecule has 0 aliphatic heterocycles. The Morgan fingerprint density at radius 1 is 1.17 bits per heavy atom. The van der Waals surface area contributed by atoms with Crippen LogP contribution in [0.4, 0.5) is 5.82 Å². The number of hydrogen-bond donors (Lipinski definition) is 2. The standard InChI is InChI=1S/C19H20N8OS/c1-2-20-9-12-3-6-16-23-24-19(26(16)10-12)29-17-8-7-15-21-14(11-27(15)25-17)22-18(28)13-4-5-13/h3,6-8,10-11,13,20H,2,4-5,9H2,1H3,(H,22,28).